The molecule has 0 bridgehead atoms. The highest BCUT2D eigenvalue weighted by atomic mass is 35.5. The maximum atomic E-state index is 11.2. The van der Waals surface area contributed by atoms with Crippen molar-refractivity contribution in [3.8, 4) is 0 Å². The predicted octanol–water partition coefficient (Wildman–Crippen LogP) is 3.18. The van der Waals surface area contributed by atoms with Crippen molar-refractivity contribution in [1.29, 1.82) is 0 Å². The quantitative estimate of drug-likeness (QED) is 0.559. The molecule has 5 heteroatoms. The highest BCUT2D eigenvalue weighted by Crippen LogP contribution is 2.30. The molecule has 1 aromatic carbocycles. The minimum atomic E-state index is -0.132. The van der Waals surface area contributed by atoms with E-state index in [1.165, 1.54) is 0 Å². The van der Waals surface area contributed by atoms with Gasteiger partial charge in [0.1, 0.15) is 0 Å². The van der Waals surface area contributed by atoms with E-state index in [4.69, 9.17) is 21.1 Å². The van der Waals surface area contributed by atoms with Gasteiger partial charge in [-0.05, 0) is 49.9 Å². The number of carbonyl (C=O) groups is 1. The van der Waals surface area contributed by atoms with Crippen molar-refractivity contribution in [2.45, 2.75) is 38.9 Å². The molecule has 1 aromatic rings. The van der Waals surface area contributed by atoms with E-state index in [-0.39, 0.29) is 5.97 Å². The van der Waals surface area contributed by atoms with Gasteiger partial charge in [-0.15, -0.1) is 0 Å². The van der Waals surface area contributed by atoms with Crippen molar-refractivity contribution >= 4 is 17.6 Å². The van der Waals surface area contributed by atoms with Crippen LogP contribution in [-0.2, 0) is 20.9 Å². The molecule has 0 radical (unpaired) electrons. The second-order valence-electron chi connectivity index (χ2n) is 5.66. The van der Waals surface area contributed by atoms with Crippen LogP contribution in [0.2, 0.25) is 5.02 Å². The first-order valence-electron chi connectivity index (χ1n) is 7.89. The van der Waals surface area contributed by atoms with Gasteiger partial charge in [0, 0.05) is 11.6 Å². The smallest absolute Gasteiger partial charge is 0.307 e. The van der Waals surface area contributed by atoms with Gasteiger partial charge in [-0.25, -0.2) is 0 Å². The molecular formula is C17H24ClNO3. The second kappa shape index (κ2) is 9.13. The third-order valence-corrected chi connectivity index (χ3v) is 4.09. The van der Waals surface area contributed by atoms with Crippen LogP contribution in [0.1, 0.15) is 31.7 Å². The molecule has 22 heavy (non-hydrogen) atoms. The van der Waals surface area contributed by atoms with Crippen molar-refractivity contribution in [1.82, 2.24) is 5.32 Å². The molecule has 122 valence electrons. The first-order chi connectivity index (χ1) is 10.7. The molecule has 0 atom stereocenters. The fourth-order valence-electron chi connectivity index (χ4n) is 2.50. The van der Waals surface area contributed by atoms with E-state index >= 15 is 0 Å². The lowest BCUT2D eigenvalue weighted by atomic mass is 9.82. The molecule has 0 aromatic heterocycles. The van der Waals surface area contributed by atoms with Crippen molar-refractivity contribution in [3.63, 3.8) is 0 Å². The molecule has 0 aliphatic heterocycles. The van der Waals surface area contributed by atoms with Gasteiger partial charge in [-0.3, -0.25) is 4.79 Å². The SMILES string of the molecule is CCOC(=O)CCNCC1CC(OCc2ccc(Cl)cc2)C1. The second-order valence-corrected chi connectivity index (χ2v) is 6.09. The number of nitrogens with one attached hydrogen (secondary N) is 1. The van der Waals surface area contributed by atoms with E-state index in [9.17, 15) is 4.79 Å². The zero-order valence-electron chi connectivity index (χ0n) is 13.0. The maximum Gasteiger partial charge on any atom is 0.307 e. The third kappa shape index (κ3) is 5.95. The fraction of sp³-hybridized carbons (Fsp3) is 0.588. The first kappa shape index (κ1) is 17.3. The normalized spacial score (nSPS) is 20.5. The van der Waals surface area contributed by atoms with Crippen LogP contribution in [-0.4, -0.2) is 31.8 Å². The number of rotatable bonds is 9. The molecule has 1 aliphatic rings. The average Bonchev–Trinajstić information content (AvgIpc) is 2.46. The Hall–Kier alpha value is -1.10. The van der Waals surface area contributed by atoms with Gasteiger partial charge in [0.05, 0.1) is 25.7 Å². The third-order valence-electron chi connectivity index (χ3n) is 3.84. The molecule has 0 unspecified atom stereocenters. The zero-order chi connectivity index (χ0) is 15.8. The van der Waals surface area contributed by atoms with Crippen LogP contribution in [0.3, 0.4) is 0 Å². The van der Waals surface area contributed by atoms with Gasteiger partial charge in [0.25, 0.3) is 0 Å². The highest BCUT2D eigenvalue weighted by Gasteiger charge is 2.29. The van der Waals surface area contributed by atoms with E-state index in [1.54, 1.807) is 0 Å². The summed E-state index contributed by atoms with van der Waals surface area (Å²) in [7, 11) is 0. The van der Waals surface area contributed by atoms with E-state index in [0.29, 0.717) is 38.2 Å². The lowest BCUT2D eigenvalue weighted by molar-refractivity contribution is -0.143. The van der Waals surface area contributed by atoms with Gasteiger partial charge in [0.15, 0.2) is 0 Å². The zero-order valence-corrected chi connectivity index (χ0v) is 13.8. The van der Waals surface area contributed by atoms with Crippen molar-refractivity contribution in [3.05, 3.63) is 34.9 Å². The molecular weight excluding hydrogens is 302 g/mol. The standard InChI is InChI=1S/C17H24ClNO3/c1-2-21-17(20)7-8-19-11-14-9-16(10-14)22-12-13-3-5-15(18)6-4-13/h3-6,14,16,19H,2,7-12H2,1H3. The number of benzene rings is 1. The summed E-state index contributed by atoms with van der Waals surface area (Å²) < 4.78 is 10.7. The first-order valence-corrected chi connectivity index (χ1v) is 8.27. The van der Waals surface area contributed by atoms with Gasteiger partial charge >= 0.3 is 5.97 Å². The van der Waals surface area contributed by atoms with Crippen molar-refractivity contribution in [2.24, 2.45) is 5.92 Å². The molecule has 1 saturated carbocycles. The van der Waals surface area contributed by atoms with Gasteiger partial charge < -0.3 is 14.8 Å². The van der Waals surface area contributed by atoms with E-state index in [0.717, 1.165) is 30.0 Å². The Morgan fingerprint density at radius 1 is 1.32 bits per heavy atom. The maximum absolute atomic E-state index is 11.2. The number of halogens is 1. The Morgan fingerprint density at radius 3 is 2.73 bits per heavy atom. The monoisotopic (exact) mass is 325 g/mol. The summed E-state index contributed by atoms with van der Waals surface area (Å²) in [4.78, 5) is 11.2. The van der Waals surface area contributed by atoms with Gasteiger partial charge in [-0.1, -0.05) is 23.7 Å². The number of carbonyl (C=O) groups excluding carboxylic acids is 1. The number of hydrogen-bond donors (Lipinski definition) is 1. The molecule has 0 heterocycles. The van der Waals surface area contributed by atoms with Gasteiger partial charge in [-0.2, -0.15) is 0 Å². The van der Waals surface area contributed by atoms with Crippen LogP contribution >= 0.6 is 11.6 Å². The molecule has 1 N–H and O–H groups in total. The van der Waals surface area contributed by atoms with Crippen LogP contribution in [0.25, 0.3) is 0 Å². The Kier molecular flexibility index (Phi) is 7.16. The summed E-state index contributed by atoms with van der Waals surface area (Å²) >= 11 is 5.85. The summed E-state index contributed by atoms with van der Waals surface area (Å²) in [5.41, 5.74) is 1.15. The van der Waals surface area contributed by atoms with Crippen molar-refractivity contribution < 1.29 is 14.3 Å². The Morgan fingerprint density at radius 2 is 2.05 bits per heavy atom. The highest BCUT2D eigenvalue weighted by molar-refractivity contribution is 6.30. The summed E-state index contributed by atoms with van der Waals surface area (Å²) in [6, 6.07) is 7.76. The average molecular weight is 326 g/mol. The molecule has 1 aliphatic carbocycles. The van der Waals surface area contributed by atoms with Crippen LogP contribution in [0.5, 0.6) is 0 Å². The largest absolute Gasteiger partial charge is 0.466 e. The minimum absolute atomic E-state index is 0.132. The lowest BCUT2D eigenvalue weighted by Gasteiger charge is -2.35. The number of ether oxygens (including phenoxy) is 2. The van der Waals surface area contributed by atoms with E-state index in [2.05, 4.69) is 5.32 Å². The summed E-state index contributed by atoms with van der Waals surface area (Å²) in [5, 5.41) is 4.06. The summed E-state index contributed by atoms with van der Waals surface area (Å²) in [6.45, 7) is 4.55. The number of hydrogen-bond acceptors (Lipinski definition) is 4. The van der Waals surface area contributed by atoms with Crippen LogP contribution < -0.4 is 5.32 Å². The van der Waals surface area contributed by atoms with E-state index < -0.39 is 0 Å². The lowest BCUT2D eigenvalue weighted by Crippen LogP contribution is -2.38. The Balaban J connectivity index is 1.49. The van der Waals surface area contributed by atoms with Crippen LogP contribution in [0.15, 0.2) is 24.3 Å². The number of esters is 1. The Bertz CT molecular complexity index is 457. The van der Waals surface area contributed by atoms with Crippen molar-refractivity contribution in [2.75, 3.05) is 19.7 Å². The summed E-state index contributed by atoms with van der Waals surface area (Å²) in [6.07, 6.45) is 2.96. The molecule has 2 rings (SSSR count). The van der Waals surface area contributed by atoms with E-state index in [1.807, 2.05) is 31.2 Å². The minimum Gasteiger partial charge on any atom is -0.466 e. The Labute approximate surface area is 137 Å². The topological polar surface area (TPSA) is 47.6 Å². The molecule has 0 saturated heterocycles. The molecule has 1 fully saturated rings. The summed E-state index contributed by atoms with van der Waals surface area (Å²) in [5.74, 6) is 0.519. The van der Waals surface area contributed by atoms with Gasteiger partial charge in [0.2, 0.25) is 0 Å². The molecule has 0 amide bonds. The molecule has 0 spiro atoms. The predicted molar refractivity (Wildman–Crippen MR) is 86.9 cm³/mol. The van der Waals surface area contributed by atoms with Crippen LogP contribution in [0.4, 0.5) is 0 Å². The molecule has 4 nitrogen and oxygen atoms in total. The fourth-order valence-corrected chi connectivity index (χ4v) is 2.63. The van der Waals surface area contributed by atoms with Crippen LogP contribution in [0, 0.1) is 5.92 Å².